The normalized spacial score (nSPS) is 11.4. The highest BCUT2D eigenvalue weighted by atomic mass is 19.4. The predicted octanol–water partition coefficient (Wildman–Crippen LogP) is 1.87. The minimum absolute atomic E-state index is 0.217. The Kier molecular flexibility index (Phi) is 2.31. The second-order valence-electron chi connectivity index (χ2n) is 2.43. The van der Waals surface area contributed by atoms with E-state index in [2.05, 4.69) is 9.72 Å². The van der Waals surface area contributed by atoms with Gasteiger partial charge < -0.3 is 10.5 Å². The second-order valence-corrected chi connectivity index (χ2v) is 2.43. The van der Waals surface area contributed by atoms with Gasteiger partial charge in [0.2, 0.25) is 5.88 Å². The molecule has 0 saturated heterocycles. The van der Waals surface area contributed by atoms with Crippen molar-refractivity contribution in [1.29, 1.82) is 0 Å². The van der Waals surface area contributed by atoms with Gasteiger partial charge in [-0.1, -0.05) is 0 Å². The van der Waals surface area contributed by atoms with Crippen molar-refractivity contribution < 1.29 is 17.9 Å². The number of halogens is 3. The van der Waals surface area contributed by atoms with Gasteiger partial charge in [0.25, 0.3) is 0 Å². The van der Waals surface area contributed by atoms with Gasteiger partial charge in [-0.2, -0.15) is 0 Å². The van der Waals surface area contributed by atoms with Crippen LogP contribution in [0.3, 0.4) is 0 Å². The van der Waals surface area contributed by atoms with E-state index in [0.29, 0.717) is 5.56 Å². The molecule has 1 heterocycles. The third-order valence-corrected chi connectivity index (χ3v) is 1.34. The Balaban J connectivity index is 2.86. The zero-order valence-electron chi connectivity index (χ0n) is 6.72. The molecule has 1 aromatic rings. The fourth-order valence-electron chi connectivity index (χ4n) is 0.693. The maximum atomic E-state index is 11.7. The maximum absolute atomic E-state index is 11.7. The maximum Gasteiger partial charge on any atom is 0.574 e. The molecule has 0 aliphatic carbocycles. The third kappa shape index (κ3) is 2.81. The molecule has 0 spiro atoms. The number of pyridine rings is 1. The van der Waals surface area contributed by atoms with Gasteiger partial charge in [-0.3, -0.25) is 0 Å². The lowest BCUT2D eigenvalue weighted by atomic mass is 10.3. The molecule has 6 heteroatoms. The zero-order valence-corrected chi connectivity index (χ0v) is 6.72. The van der Waals surface area contributed by atoms with E-state index in [1.807, 2.05) is 0 Å². The molecule has 1 aromatic heterocycles. The van der Waals surface area contributed by atoms with Crippen molar-refractivity contribution in [2.45, 2.75) is 13.3 Å². The number of anilines is 1. The van der Waals surface area contributed by atoms with E-state index in [1.165, 1.54) is 6.20 Å². The third-order valence-electron chi connectivity index (χ3n) is 1.34. The number of alkyl halides is 3. The van der Waals surface area contributed by atoms with Gasteiger partial charge in [0, 0.05) is 18.0 Å². The average molecular weight is 192 g/mol. The largest absolute Gasteiger partial charge is 0.574 e. The fourth-order valence-corrected chi connectivity index (χ4v) is 0.693. The molecule has 0 saturated carbocycles. The Bertz CT molecular complexity index is 311. The fraction of sp³-hybridized carbons (Fsp3) is 0.286. The van der Waals surface area contributed by atoms with E-state index < -0.39 is 12.2 Å². The summed E-state index contributed by atoms with van der Waals surface area (Å²) in [5, 5.41) is 0. The number of nitrogens with zero attached hydrogens (tertiary/aromatic N) is 1. The summed E-state index contributed by atoms with van der Waals surface area (Å²) >= 11 is 0. The van der Waals surface area contributed by atoms with E-state index in [4.69, 9.17) is 5.73 Å². The molecule has 0 aromatic carbocycles. The van der Waals surface area contributed by atoms with Gasteiger partial charge in [-0.05, 0) is 12.5 Å². The van der Waals surface area contributed by atoms with E-state index in [0.717, 1.165) is 6.07 Å². The number of rotatable bonds is 1. The second kappa shape index (κ2) is 3.12. The lowest BCUT2D eigenvalue weighted by Crippen LogP contribution is -2.18. The van der Waals surface area contributed by atoms with Gasteiger partial charge in [-0.15, -0.1) is 13.2 Å². The molecular formula is C7H7F3N2O. The van der Waals surface area contributed by atoms with Crippen LogP contribution in [0.2, 0.25) is 0 Å². The smallest absolute Gasteiger partial charge is 0.398 e. The SMILES string of the molecule is Cc1cnc(OC(F)(F)F)cc1N. The molecule has 0 atom stereocenters. The van der Waals surface area contributed by atoms with Crippen LogP contribution in [0.1, 0.15) is 5.56 Å². The first-order valence-electron chi connectivity index (χ1n) is 3.36. The summed E-state index contributed by atoms with van der Waals surface area (Å²) in [6.07, 6.45) is -3.51. The monoisotopic (exact) mass is 192 g/mol. The Morgan fingerprint density at radius 1 is 1.46 bits per heavy atom. The number of hydrogen-bond acceptors (Lipinski definition) is 3. The van der Waals surface area contributed by atoms with Crippen molar-refractivity contribution in [2.75, 3.05) is 5.73 Å². The first kappa shape index (κ1) is 9.63. The van der Waals surface area contributed by atoms with Crippen LogP contribution in [0.5, 0.6) is 5.88 Å². The average Bonchev–Trinajstić information content (AvgIpc) is 1.94. The lowest BCUT2D eigenvalue weighted by Gasteiger charge is -2.08. The van der Waals surface area contributed by atoms with Crippen molar-refractivity contribution in [3.8, 4) is 5.88 Å². The summed E-state index contributed by atoms with van der Waals surface area (Å²) in [5.74, 6) is -0.546. The molecule has 0 aliphatic heterocycles. The summed E-state index contributed by atoms with van der Waals surface area (Å²) in [6, 6.07) is 1.03. The zero-order chi connectivity index (χ0) is 10.1. The van der Waals surface area contributed by atoms with Crippen LogP contribution in [0, 0.1) is 6.92 Å². The van der Waals surface area contributed by atoms with E-state index in [9.17, 15) is 13.2 Å². The quantitative estimate of drug-likeness (QED) is 0.738. The van der Waals surface area contributed by atoms with Gasteiger partial charge in [0.05, 0.1) is 0 Å². The van der Waals surface area contributed by atoms with Crippen molar-refractivity contribution in [3.63, 3.8) is 0 Å². The summed E-state index contributed by atoms with van der Waals surface area (Å²) in [7, 11) is 0. The van der Waals surface area contributed by atoms with Crippen LogP contribution in [0.25, 0.3) is 0 Å². The number of aromatic nitrogens is 1. The Hall–Kier alpha value is -1.46. The summed E-state index contributed by atoms with van der Waals surface area (Å²) in [5.41, 5.74) is 6.18. The molecule has 0 radical (unpaired) electrons. The number of ether oxygens (including phenoxy) is 1. The molecule has 3 nitrogen and oxygen atoms in total. The molecule has 0 aliphatic rings. The van der Waals surface area contributed by atoms with Crippen LogP contribution in [-0.4, -0.2) is 11.3 Å². The number of hydrogen-bond donors (Lipinski definition) is 1. The van der Waals surface area contributed by atoms with Crippen LogP contribution >= 0.6 is 0 Å². The highest BCUT2D eigenvalue weighted by Gasteiger charge is 2.31. The first-order chi connectivity index (χ1) is 5.88. The minimum Gasteiger partial charge on any atom is -0.398 e. The highest BCUT2D eigenvalue weighted by molar-refractivity contribution is 5.47. The standard InChI is InChI=1S/C7H7F3N2O/c1-4-3-12-6(2-5(4)11)13-7(8,9)10/h2-3H,1H3,(H2,11,12). The van der Waals surface area contributed by atoms with Gasteiger partial charge in [-0.25, -0.2) is 4.98 Å². The molecule has 0 bridgehead atoms. The van der Waals surface area contributed by atoms with Crippen LogP contribution in [0.15, 0.2) is 12.3 Å². The first-order valence-corrected chi connectivity index (χ1v) is 3.36. The van der Waals surface area contributed by atoms with Crippen molar-refractivity contribution in [2.24, 2.45) is 0 Å². The molecule has 13 heavy (non-hydrogen) atoms. The summed E-state index contributed by atoms with van der Waals surface area (Å²) < 4.78 is 38.6. The topological polar surface area (TPSA) is 48.1 Å². The van der Waals surface area contributed by atoms with Crippen molar-refractivity contribution in [1.82, 2.24) is 4.98 Å². The predicted molar refractivity (Wildman–Crippen MR) is 40.1 cm³/mol. The molecule has 72 valence electrons. The molecule has 0 fully saturated rings. The Labute approximate surface area is 72.3 Å². The number of nitrogens with two attached hydrogens (primary N) is 1. The minimum atomic E-state index is -4.73. The summed E-state index contributed by atoms with van der Waals surface area (Å²) in [4.78, 5) is 3.40. The molecule has 0 unspecified atom stereocenters. The van der Waals surface area contributed by atoms with Gasteiger partial charge in [0.15, 0.2) is 0 Å². The Morgan fingerprint density at radius 2 is 2.08 bits per heavy atom. The van der Waals surface area contributed by atoms with Crippen LogP contribution in [-0.2, 0) is 0 Å². The lowest BCUT2D eigenvalue weighted by molar-refractivity contribution is -0.276. The van der Waals surface area contributed by atoms with Crippen molar-refractivity contribution in [3.05, 3.63) is 17.8 Å². The number of nitrogen functional groups attached to an aromatic ring is 1. The van der Waals surface area contributed by atoms with E-state index >= 15 is 0 Å². The Morgan fingerprint density at radius 3 is 2.54 bits per heavy atom. The van der Waals surface area contributed by atoms with Gasteiger partial charge in [0.1, 0.15) is 0 Å². The highest BCUT2D eigenvalue weighted by Crippen LogP contribution is 2.23. The number of aryl methyl sites for hydroxylation is 1. The van der Waals surface area contributed by atoms with Crippen LogP contribution < -0.4 is 10.5 Å². The van der Waals surface area contributed by atoms with Crippen molar-refractivity contribution >= 4 is 5.69 Å². The van der Waals surface area contributed by atoms with E-state index in [1.54, 1.807) is 6.92 Å². The molecule has 2 N–H and O–H groups in total. The molecule has 1 rings (SSSR count). The molecule has 0 amide bonds. The van der Waals surface area contributed by atoms with E-state index in [-0.39, 0.29) is 5.69 Å². The van der Waals surface area contributed by atoms with Crippen LogP contribution in [0.4, 0.5) is 18.9 Å². The van der Waals surface area contributed by atoms with Gasteiger partial charge >= 0.3 is 6.36 Å². The molecular weight excluding hydrogens is 185 g/mol. The summed E-state index contributed by atoms with van der Waals surface area (Å²) in [6.45, 7) is 1.64.